The summed E-state index contributed by atoms with van der Waals surface area (Å²) in [5, 5.41) is 12.7. The summed E-state index contributed by atoms with van der Waals surface area (Å²) in [6.07, 6.45) is 5.78. The van der Waals surface area contributed by atoms with E-state index < -0.39 is 5.97 Å². The van der Waals surface area contributed by atoms with Gasteiger partial charge < -0.3 is 9.94 Å². The molecule has 0 fully saturated rings. The average Bonchev–Trinajstić information content (AvgIpc) is 2.59. The third-order valence-electron chi connectivity index (χ3n) is 3.10. The number of aromatic nitrogens is 2. The summed E-state index contributed by atoms with van der Waals surface area (Å²) in [5.74, 6) is -0.767. The second-order valence-electron chi connectivity index (χ2n) is 4.91. The van der Waals surface area contributed by atoms with Gasteiger partial charge in [0, 0.05) is 18.8 Å². The lowest BCUT2D eigenvalue weighted by Gasteiger charge is -2.05. The van der Waals surface area contributed by atoms with Crippen LogP contribution in [0.5, 0.6) is 0 Å². The zero-order valence-corrected chi connectivity index (χ0v) is 12.8. The lowest BCUT2D eigenvalue weighted by molar-refractivity contribution is -0.137. The molecule has 0 aliphatic carbocycles. The number of hydrogen-bond donors (Lipinski definition) is 1. The van der Waals surface area contributed by atoms with Crippen molar-refractivity contribution in [1.29, 1.82) is 0 Å². The first-order valence-corrected chi connectivity index (χ1v) is 7.52. The standard InChI is InChI=1S/C17H19N3O3/c21-16(22)10-2-1-7-13-23-20-17(14-8-3-5-11-18-14)15-9-4-6-12-19-15/h3-6,8-9,11-12H,1-2,7,10,13H2,(H,21,22). The molecule has 0 unspecified atom stereocenters. The maximum atomic E-state index is 10.4. The van der Waals surface area contributed by atoms with Gasteiger partial charge in [-0.2, -0.15) is 0 Å². The Bertz CT molecular complexity index is 589. The topological polar surface area (TPSA) is 84.7 Å². The lowest BCUT2D eigenvalue weighted by Crippen LogP contribution is -2.08. The zero-order valence-electron chi connectivity index (χ0n) is 12.8. The minimum Gasteiger partial charge on any atom is -0.481 e. The van der Waals surface area contributed by atoms with Crippen molar-refractivity contribution in [3.8, 4) is 0 Å². The quantitative estimate of drug-likeness (QED) is 0.437. The summed E-state index contributed by atoms with van der Waals surface area (Å²) >= 11 is 0. The van der Waals surface area contributed by atoms with Gasteiger partial charge in [0.25, 0.3) is 0 Å². The Balaban J connectivity index is 1.94. The highest BCUT2D eigenvalue weighted by molar-refractivity contribution is 6.10. The Morgan fingerprint density at radius 2 is 1.65 bits per heavy atom. The van der Waals surface area contributed by atoms with E-state index in [1.54, 1.807) is 12.4 Å². The lowest BCUT2D eigenvalue weighted by atomic mass is 10.1. The van der Waals surface area contributed by atoms with Crippen LogP contribution in [-0.4, -0.2) is 33.4 Å². The van der Waals surface area contributed by atoms with Gasteiger partial charge in [0.15, 0.2) is 5.71 Å². The molecule has 6 heteroatoms. The normalized spacial score (nSPS) is 10.1. The van der Waals surface area contributed by atoms with Crippen LogP contribution in [0, 0.1) is 0 Å². The van der Waals surface area contributed by atoms with Gasteiger partial charge in [-0.25, -0.2) is 0 Å². The van der Waals surface area contributed by atoms with Gasteiger partial charge in [-0.3, -0.25) is 14.8 Å². The molecule has 23 heavy (non-hydrogen) atoms. The molecule has 0 aromatic carbocycles. The Morgan fingerprint density at radius 3 is 2.17 bits per heavy atom. The fourth-order valence-electron chi connectivity index (χ4n) is 1.96. The molecule has 0 saturated heterocycles. The van der Waals surface area contributed by atoms with Gasteiger partial charge in [-0.15, -0.1) is 0 Å². The monoisotopic (exact) mass is 313 g/mol. The van der Waals surface area contributed by atoms with Gasteiger partial charge in [-0.05, 0) is 43.5 Å². The van der Waals surface area contributed by atoms with Gasteiger partial charge in [0.05, 0.1) is 11.4 Å². The van der Waals surface area contributed by atoms with E-state index >= 15 is 0 Å². The maximum Gasteiger partial charge on any atom is 0.303 e. The van der Waals surface area contributed by atoms with Crippen LogP contribution in [0.25, 0.3) is 0 Å². The number of nitrogens with zero attached hydrogens (tertiary/aromatic N) is 3. The van der Waals surface area contributed by atoms with Crippen LogP contribution in [0.3, 0.4) is 0 Å². The molecule has 0 saturated carbocycles. The van der Waals surface area contributed by atoms with Gasteiger partial charge in [0.2, 0.25) is 0 Å². The second kappa shape index (κ2) is 9.30. The van der Waals surface area contributed by atoms with Crippen LogP contribution >= 0.6 is 0 Å². The highest BCUT2D eigenvalue weighted by atomic mass is 16.6. The third kappa shape index (κ3) is 5.86. The molecule has 0 atom stereocenters. The van der Waals surface area contributed by atoms with E-state index in [0.29, 0.717) is 30.1 Å². The van der Waals surface area contributed by atoms with Crippen LogP contribution in [0.2, 0.25) is 0 Å². The highest BCUT2D eigenvalue weighted by Crippen LogP contribution is 2.07. The fourth-order valence-corrected chi connectivity index (χ4v) is 1.96. The Labute approximate surface area is 134 Å². The van der Waals surface area contributed by atoms with Gasteiger partial charge >= 0.3 is 5.97 Å². The summed E-state index contributed by atoms with van der Waals surface area (Å²) in [4.78, 5) is 24.4. The summed E-state index contributed by atoms with van der Waals surface area (Å²) in [7, 11) is 0. The molecule has 0 amide bonds. The van der Waals surface area contributed by atoms with E-state index in [1.807, 2.05) is 36.4 Å². The van der Waals surface area contributed by atoms with E-state index in [4.69, 9.17) is 9.94 Å². The molecule has 2 aromatic rings. The molecule has 0 spiro atoms. The molecule has 2 aromatic heterocycles. The van der Waals surface area contributed by atoms with Crippen LogP contribution in [-0.2, 0) is 9.63 Å². The van der Waals surface area contributed by atoms with E-state index in [2.05, 4.69) is 15.1 Å². The van der Waals surface area contributed by atoms with Crippen LogP contribution in [0.4, 0.5) is 0 Å². The van der Waals surface area contributed by atoms with Crippen molar-refractivity contribution in [2.75, 3.05) is 6.61 Å². The van der Waals surface area contributed by atoms with E-state index in [0.717, 1.165) is 12.8 Å². The second-order valence-corrected chi connectivity index (χ2v) is 4.91. The molecule has 0 radical (unpaired) electrons. The molecule has 0 aliphatic rings. The maximum absolute atomic E-state index is 10.4. The molecular formula is C17H19N3O3. The smallest absolute Gasteiger partial charge is 0.303 e. The molecule has 0 bridgehead atoms. The number of carboxylic acid groups (broad SMARTS) is 1. The number of aliphatic carboxylic acids is 1. The van der Waals surface area contributed by atoms with Crippen LogP contribution in [0.1, 0.15) is 37.1 Å². The number of hydrogen-bond acceptors (Lipinski definition) is 5. The van der Waals surface area contributed by atoms with Gasteiger partial charge in [0.1, 0.15) is 6.61 Å². The predicted octanol–water partition coefficient (Wildman–Crippen LogP) is 2.89. The number of carbonyl (C=O) groups is 1. The molecule has 1 N–H and O–H groups in total. The first-order valence-electron chi connectivity index (χ1n) is 7.52. The van der Waals surface area contributed by atoms with E-state index in [-0.39, 0.29) is 6.42 Å². The van der Waals surface area contributed by atoms with Crippen molar-refractivity contribution in [3.63, 3.8) is 0 Å². The first kappa shape index (κ1) is 16.6. The largest absolute Gasteiger partial charge is 0.481 e. The zero-order chi connectivity index (χ0) is 16.3. The van der Waals surface area contributed by atoms with Crippen molar-refractivity contribution in [1.82, 2.24) is 9.97 Å². The number of unbranched alkanes of at least 4 members (excludes halogenated alkanes) is 2. The number of carboxylic acids is 1. The molecule has 0 aliphatic heterocycles. The Morgan fingerprint density at radius 1 is 1.00 bits per heavy atom. The van der Waals surface area contributed by atoms with Crippen molar-refractivity contribution < 1.29 is 14.7 Å². The molecule has 2 heterocycles. The minimum absolute atomic E-state index is 0.191. The summed E-state index contributed by atoms with van der Waals surface area (Å²) in [6.45, 7) is 0.433. The summed E-state index contributed by atoms with van der Waals surface area (Å²) < 4.78 is 0. The Hall–Kier alpha value is -2.76. The van der Waals surface area contributed by atoms with Crippen molar-refractivity contribution in [3.05, 3.63) is 60.2 Å². The van der Waals surface area contributed by atoms with Gasteiger partial charge in [-0.1, -0.05) is 17.3 Å². The summed E-state index contributed by atoms with van der Waals surface area (Å²) in [5.41, 5.74) is 1.96. The van der Waals surface area contributed by atoms with Crippen molar-refractivity contribution in [2.45, 2.75) is 25.7 Å². The first-order chi connectivity index (χ1) is 11.3. The van der Waals surface area contributed by atoms with Crippen molar-refractivity contribution in [2.24, 2.45) is 5.16 Å². The number of oxime groups is 1. The highest BCUT2D eigenvalue weighted by Gasteiger charge is 2.10. The van der Waals surface area contributed by atoms with Crippen LogP contribution < -0.4 is 0 Å². The molecular weight excluding hydrogens is 294 g/mol. The van der Waals surface area contributed by atoms with E-state index in [1.165, 1.54) is 0 Å². The molecule has 120 valence electrons. The summed E-state index contributed by atoms with van der Waals surface area (Å²) in [6, 6.07) is 11.1. The number of rotatable bonds is 9. The molecule has 6 nitrogen and oxygen atoms in total. The number of pyridine rings is 2. The third-order valence-corrected chi connectivity index (χ3v) is 3.10. The minimum atomic E-state index is -0.767. The van der Waals surface area contributed by atoms with E-state index in [9.17, 15) is 4.79 Å². The Kier molecular flexibility index (Phi) is 6.71. The SMILES string of the molecule is O=C(O)CCCCCON=C(c1ccccn1)c1ccccn1. The van der Waals surface area contributed by atoms with Crippen LogP contribution in [0.15, 0.2) is 53.9 Å². The predicted molar refractivity (Wildman–Crippen MR) is 86.2 cm³/mol. The fraction of sp³-hybridized carbons (Fsp3) is 0.294. The molecule has 2 rings (SSSR count). The van der Waals surface area contributed by atoms with Crippen molar-refractivity contribution >= 4 is 11.7 Å². The average molecular weight is 313 g/mol.